The summed E-state index contributed by atoms with van der Waals surface area (Å²) in [6, 6.07) is 10.2. The molecule has 0 saturated carbocycles. The van der Waals surface area contributed by atoms with Gasteiger partial charge in [-0.05, 0) is 49.9 Å². The Morgan fingerprint density at radius 2 is 1.85 bits per heavy atom. The summed E-state index contributed by atoms with van der Waals surface area (Å²) in [5.41, 5.74) is 6.51. The van der Waals surface area contributed by atoms with Gasteiger partial charge in [0.1, 0.15) is 7.05 Å². The van der Waals surface area contributed by atoms with Gasteiger partial charge >= 0.3 is 0 Å². The summed E-state index contributed by atoms with van der Waals surface area (Å²) in [7, 11) is 1.89. The maximum Gasteiger partial charge on any atom is 0.227 e. The Hall–Kier alpha value is -2.68. The number of hydrogen-bond donors (Lipinski definition) is 0. The first-order valence-corrected chi connectivity index (χ1v) is 8.92. The van der Waals surface area contributed by atoms with Gasteiger partial charge in [0.2, 0.25) is 11.4 Å². The van der Waals surface area contributed by atoms with Crippen molar-refractivity contribution in [2.24, 2.45) is 7.05 Å². The first-order chi connectivity index (χ1) is 13.6. The van der Waals surface area contributed by atoms with E-state index in [9.17, 15) is 0 Å². The Morgan fingerprint density at radius 1 is 1.08 bits per heavy atom. The molecule has 3 nitrogen and oxygen atoms in total. The Kier molecular flexibility index (Phi) is 3.09. The molecule has 3 heterocycles. The number of rotatable bonds is 2. The second-order valence-corrected chi connectivity index (χ2v) is 7.33. The molecule has 0 aliphatic rings. The maximum absolute atomic E-state index is 7.94. The summed E-state index contributed by atoms with van der Waals surface area (Å²) < 4.78 is 31.9. The van der Waals surface area contributed by atoms with E-state index in [1.54, 1.807) is 6.20 Å². The number of fused-ring (bicyclic) bond motifs is 3. The number of benzene rings is 1. The minimum atomic E-state index is -2.16. The summed E-state index contributed by atoms with van der Waals surface area (Å²) >= 11 is 0. The normalized spacial score (nSPS) is 14.0. The number of pyridine rings is 2. The molecule has 0 saturated heterocycles. The van der Waals surface area contributed by atoms with Crippen LogP contribution in [0.2, 0.25) is 0 Å². The van der Waals surface area contributed by atoms with E-state index in [1.165, 1.54) is 0 Å². The highest BCUT2D eigenvalue weighted by Crippen LogP contribution is 2.37. The zero-order valence-corrected chi connectivity index (χ0v) is 15.8. The van der Waals surface area contributed by atoms with Crippen molar-refractivity contribution >= 4 is 22.1 Å². The predicted molar refractivity (Wildman–Crippen MR) is 106 cm³/mol. The van der Waals surface area contributed by atoms with Crippen LogP contribution in [0.1, 0.15) is 46.3 Å². The largest absolute Gasteiger partial charge is 0.437 e. The lowest BCUT2D eigenvalue weighted by Crippen LogP contribution is -2.32. The molecule has 0 amide bonds. The molecule has 0 N–H and O–H groups in total. The lowest BCUT2D eigenvalue weighted by Gasteiger charge is -2.12. The van der Waals surface area contributed by atoms with Crippen molar-refractivity contribution in [1.29, 1.82) is 0 Å². The summed E-state index contributed by atoms with van der Waals surface area (Å²) in [6.07, 6.45) is 1.74. The van der Waals surface area contributed by atoms with Gasteiger partial charge in [0.15, 0.2) is 11.8 Å². The highest BCUT2D eigenvalue weighted by Gasteiger charge is 2.23. The Morgan fingerprint density at radius 3 is 2.58 bits per heavy atom. The standard InChI is InChI=1S/C23H25N2O/c1-13(2)19-11-20(25(6)12-15(19)4)21-14(3)7-9-17-18-10-8-16(5)24-23(18)26-22(17)21/h7-13H,1-6H3/q+1/i4D3. The molecule has 0 radical (unpaired) electrons. The van der Waals surface area contributed by atoms with Crippen LogP contribution in [-0.4, -0.2) is 4.98 Å². The quantitative estimate of drug-likeness (QED) is 0.446. The second-order valence-electron chi connectivity index (χ2n) is 7.33. The van der Waals surface area contributed by atoms with Gasteiger partial charge < -0.3 is 4.42 Å². The average Bonchev–Trinajstić information content (AvgIpc) is 2.98. The van der Waals surface area contributed by atoms with Crippen LogP contribution < -0.4 is 4.57 Å². The van der Waals surface area contributed by atoms with Gasteiger partial charge in [-0.2, -0.15) is 0 Å². The molecule has 1 aromatic carbocycles. The lowest BCUT2D eigenvalue weighted by atomic mass is 9.94. The van der Waals surface area contributed by atoms with E-state index < -0.39 is 6.85 Å². The molecule has 4 rings (SSSR count). The third-order valence-electron chi connectivity index (χ3n) is 5.04. The molecule has 3 aromatic heterocycles. The van der Waals surface area contributed by atoms with Crippen molar-refractivity contribution in [2.45, 2.75) is 40.5 Å². The Bertz CT molecular complexity index is 1250. The van der Waals surface area contributed by atoms with E-state index in [1.807, 2.05) is 57.5 Å². The van der Waals surface area contributed by atoms with Gasteiger partial charge in [0.05, 0.1) is 5.56 Å². The van der Waals surface area contributed by atoms with E-state index in [-0.39, 0.29) is 5.92 Å². The molecule has 0 aliphatic heterocycles. The fourth-order valence-electron chi connectivity index (χ4n) is 3.62. The van der Waals surface area contributed by atoms with Gasteiger partial charge in [-0.3, -0.25) is 0 Å². The van der Waals surface area contributed by atoms with Gasteiger partial charge in [0, 0.05) is 32.2 Å². The number of aromatic nitrogens is 2. The minimum Gasteiger partial charge on any atom is -0.437 e. The number of furan rings is 1. The molecule has 4 aromatic rings. The fraction of sp³-hybridized carbons (Fsp3) is 0.304. The number of aryl methyl sites for hydroxylation is 4. The average molecular weight is 348 g/mol. The molecule has 0 atom stereocenters. The second kappa shape index (κ2) is 5.94. The molecule has 26 heavy (non-hydrogen) atoms. The molecule has 0 bridgehead atoms. The monoisotopic (exact) mass is 348 g/mol. The van der Waals surface area contributed by atoms with Crippen LogP contribution in [-0.2, 0) is 7.05 Å². The van der Waals surface area contributed by atoms with Crippen LogP contribution in [0, 0.1) is 20.7 Å². The highest BCUT2D eigenvalue weighted by atomic mass is 16.3. The molecular formula is C23H25N2O+. The minimum absolute atomic E-state index is 0.0878. The van der Waals surface area contributed by atoms with Crippen molar-refractivity contribution in [3.8, 4) is 11.3 Å². The van der Waals surface area contributed by atoms with Crippen LogP contribution in [0.15, 0.2) is 40.9 Å². The van der Waals surface area contributed by atoms with E-state index in [0.717, 1.165) is 44.4 Å². The van der Waals surface area contributed by atoms with E-state index in [0.29, 0.717) is 11.3 Å². The summed E-state index contributed by atoms with van der Waals surface area (Å²) in [5, 5.41) is 2.00. The molecule has 0 aliphatic carbocycles. The van der Waals surface area contributed by atoms with Crippen LogP contribution in [0.3, 0.4) is 0 Å². The van der Waals surface area contributed by atoms with E-state index in [2.05, 4.69) is 17.1 Å². The summed E-state index contributed by atoms with van der Waals surface area (Å²) in [4.78, 5) is 4.54. The third kappa shape index (κ3) is 2.50. The Labute approximate surface area is 158 Å². The molecule has 132 valence electrons. The van der Waals surface area contributed by atoms with Crippen molar-refractivity contribution in [3.05, 3.63) is 58.9 Å². The SMILES string of the molecule is [2H]C([2H])([2H])c1c[n+](C)c(-c2c(C)ccc3c2oc2nc(C)ccc23)cc1C(C)C. The van der Waals surface area contributed by atoms with E-state index in [4.69, 9.17) is 8.53 Å². The van der Waals surface area contributed by atoms with Gasteiger partial charge in [-0.25, -0.2) is 9.55 Å². The fourth-order valence-corrected chi connectivity index (χ4v) is 3.62. The van der Waals surface area contributed by atoms with E-state index >= 15 is 0 Å². The summed E-state index contributed by atoms with van der Waals surface area (Å²) in [5.74, 6) is 0.0878. The van der Waals surface area contributed by atoms with Crippen LogP contribution in [0.5, 0.6) is 0 Å². The zero-order chi connectivity index (χ0) is 21.1. The van der Waals surface area contributed by atoms with Gasteiger partial charge in [-0.15, -0.1) is 0 Å². The predicted octanol–water partition coefficient (Wildman–Crippen LogP) is 5.52. The van der Waals surface area contributed by atoms with Crippen molar-refractivity contribution in [1.82, 2.24) is 4.98 Å². The van der Waals surface area contributed by atoms with Gasteiger partial charge in [-0.1, -0.05) is 26.0 Å². The van der Waals surface area contributed by atoms with Crippen molar-refractivity contribution in [2.75, 3.05) is 0 Å². The van der Waals surface area contributed by atoms with Crippen molar-refractivity contribution in [3.63, 3.8) is 0 Å². The molecule has 0 unspecified atom stereocenters. The first kappa shape index (κ1) is 13.5. The highest BCUT2D eigenvalue weighted by molar-refractivity contribution is 6.08. The lowest BCUT2D eigenvalue weighted by molar-refractivity contribution is -0.660. The Balaban J connectivity index is 2.08. The van der Waals surface area contributed by atoms with Crippen LogP contribution in [0.4, 0.5) is 0 Å². The van der Waals surface area contributed by atoms with Crippen LogP contribution in [0.25, 0.3) is 33.3 Å². The van der Waals surface area contributed by atoms with Crippen molar-refractivity contribution < 1.29 is 13.1 Å². The number of hydrogen-bond acceptors (Lipinski definition) is 2. The molecule has 0 fully saturated rings. The van der Waals surface area contributed by atoms with Crippen LogP contribution >= 0.6 is 0 Å². The summed E-state index contributed by atoms with van der Waals surface area (Å²) in [6.45, 7) is 5.89. The van der Waals surface area contributed by atoms with Gasteiger partial charge in [0.25, 0.3) is 0 Å². The third-order valence-corrected chi connectivity index (χ3v) is 5.04. The zero-order valence-electron chi connectivity index (χ0n) is 18.8. The molecule has 0 spiro atoms. The molecular weight excluding hydrogens is 320 g/mol. The maximum atomic E-state index is 7.94. The first-order valence-electron chi connectivity index (χ1n) is 10.4. The topological polar surface area (TPSA) is 29.9 Å². The number of nitrogens with zero attached hydrogens (tertiary/aromatic N) is 2. The molecule has 3 heteroatoms. The smallest absolute Gasteiger partial charge is 0.227 e.